The van der Waals surface area contributed by atoms with Gasteiger partial charge in [0.05, 0.1) is 12.1 Å². The van der Waals surface area contributed by atoms with E-state index in [0.717, 1.165) is 37.1 Å². The van der Waals surface area contributed by atoms with Crippen LogP contribution in [0.4, 0.5) is 0 Å². The number of carbonyl (C=O) groups excluding carboxylic acids is 1. The molecule has 1 unspecified atom stereocenters. The van der Waals surface area contributed by atoms with E-state index in [1.165, 1.54) is 0 Å². The van der Waals surface area contributed by atoms with E-state index in [1.54, 1.807) is 0 Å². The van der Waals surface area contributed by atoms with E-state index >= 15 is 0 Å². The van der Waals surface area contributed by atoms with Gasteiger partial charge in [0.25, 0.3) is 5.91 Å². The minimum atomic E-state index is -0.00813. The summed E-state index contributed by atoms with van der Waals surface area (Å²) in [6.07, 6.45) is 1.92. The lowest BCUT2D eigenvalue weighted by Gasteiger charge is -2.37. The van der Waals surface area contributed by atoms with Gasteiger partial charge in [-0.05, 0) is 25.5 Å². The number of carbonyl (C=O) groups is 1. The summed E-state index contributed by atoms with van der Waals surface area (Å²) in [6, 6.07) is 10.1. The predicted octanol–water partition coefficient (Wildman–Crippen LogP) is 2.45. The second kappa shape index (κ2) is 7.24. The summed E-state index contributed by atoms with van der Waals surface area (Å²) >= 11 is 0. The molecule has 4 heteroatoms. The molecule has 1 amide bonds. The van der Waals surface area contributed by atoms with Crippen molar-refractivity contribution in [2.45, 2.75) is 32.7 Å². The van der Waals surface area contributed by atoms with Crippen molar-refractivity contribution in [2.24, 2.45) is 0 Å². The first-order chi connectivity index (χ1) is 10.2. The fourth-order valence-electron chi connectivity index (χ4n) is 2.80. The summed E-state index contributed by atoms with van der Waals surface area (Å²) in [6.45, 7) is 7.08. The van der Waals surface area contributed by atoms with Gasteiger partial charge >= 0.3 is 0 Å². The quantitative estimate of drug-likeness (QED) is 0.853. The Morgan fingerprint density at radius 3 is 2.62 bits per heavy atom. The molecule has 112 valence electrons. The third-order valence-electron chi connectivity index (χ3n) is 4.02. The largest absolute Gasteiger partial charge is 0.336 e. The normalized spacial score (nSPS) is 17.3. The van der Waals surface area contributed by atoms with E-state index in [4.69, 9.17) is 0 Å². The molecule has 0 radical (unpaired) electrons. The zero-order valence-corrected chi connectivity index (χ0v) is 12.9. The van der Waals surface area contributed by atoms with Crippen molar-refractivity contribution in [3.05, 3.63) is 35.4 Å². The van der Waals surface area contributed by atoms with Crippen molar-refractivity contribution in [1.82, 2.24) is 9.80 Å². The highest BCUT2D eigenvalue weighted by Crippen LogP contribution is 2.14. The number of aryl methyl sites for hydroxylation is 1. The summed E-state index contributed by atoms with van der Waals surface area (Å²) in [4.78, 5) is 16.6. The van der Waals surface area contributed by atoms with Gasteiger partial charge in [-0.25, -0.2) is 0 Å². The first kappa shape index (κ1) is 15.5. The van der Waals surface area contributed by atoms with Crippen LogP contribution in [0.5, 0.6) is 0 Å². The molecule has 1 aromatic rings. The van der Waals surface area contributed by atoms with Crippen LogP contribution in [-0.4, -0.2) is 47.9 Å². The van der Waals surface area contributed by atoms with E-state index in [1.807, 2.05) is 36.1 Å². The van der Waals surface area contributed by atoms with Crippen LogP contribution in [0.3, 0.4) is 0 Å². The molecule has 0 saturated carbocycles. The Morgan fingerprint density at radius 2 is 2.05 bits per heavy atom. The van der Waals surface area contributed by atoms with Crippen LogP contribution in [0, 0.1) is 18.3 Å². The van der Waals surface area contributed by atoms with Crippen LogP contribution >= 0.6 is 0 Å². The van der Waals surface area contributed by atoms with Gasteiger partial charge in [0.2, 0.25) is 0 Å². The van der Waals surface area contributed by atoms with Crippen molar-refractivity contribution in [3.8, 4) is 6.07 Å². The van der Waals surface area contributed by atoms with Crippen molar-refractivity contribution < 1.29 is 4.79 Å². The highest BCUT2D eigenvalue weighted by Gasteiger charge is 2.26. The highest BCUT2D eigenvalue weighted by molar-refractivity contribution is 5.94. The fourth-order valence-corrected chi connectivity index (χ4v) is 2.80. The second-order valence-corrected chi connectivity index (χ2v) is 5.63. The van der Waals surface area contributed by atoms with Crippen molar-refractivity contribution in [2.75, 3.05) is 26.2 Å². The first-order valence-corrected chi connectivity index (χ1v) is 7.65. The number of rotatable bonds is 4. The molecule has 2 rings (SSSR count). The zero-order valence-electron chi connectivity index (χ0n) is 12.9. The summed E-state index contributed by atoms with van der Waals surface area (Å²) < 4.78 is 0. The van der Waals surface area contributed by atoms with Crippen LogP contribution in [0.25, 0.3) is 0 Å². The van der Waals surface area contributed by atoms with Gasteiger partial charge in [-0.15, -0.1) is 0 Å². The van der Waals surface area contributed by atoms with Gasteiger partial charge in [0.15, 0.2) is 0 Å². The number of benzene rings is 1. The van der Waals surface area contributed by atoms with E-state index in [0.29, 0.717) is 13.1 Å². The summed E-state index contributed by atoms with van der Waals surface area (Å²) in [7, 11) is 0. The molecule has 1 heterocycles. The smallest absolute Gasteiger partial charge is 0.253 e. The van der Waals surface area contributed by atoms with Crippen LogP contribution in [0.15, 0.2) is 24.3 Å². The van der Waals surface area contributed by atoms with E-state index in [-0.39, 0.29) is 11.9 Å². The molecule has 0 N–H and O–H groups in total. The average Bonchev–Trinajstić information content (AvgIpc) is 2.52. The maximum atomic E-state index is 12.5. The Hall–Kier alpha value is -1.86. The average molecular weight is 285 g/mol. The first-order valence-electron chi connectivity index (χ1n) is 7.65. The molecule has 0 aliphatic carbocycles. The van der Waals surface area contributed by atoms with Crippen molar-refractivity contribution >= 4 is 5.91 Å². The monoisotopic (exact) mass is 285 g/mol. The Labute approximate surface area is 127 Å². The molecule has 1 aliphatic heterocycles. The van der Waals surface area contributed by atoms with Crippen LogP contribution in [0.1, 0.15) is 35.7 Å². The molecule has 4 nitrogen and oxygen atoms in total. The molecule has 1 saturated heterocycles. The Morgan fingerprint density at radius 1 is 1.33 bits per heavy atom. The second-order valence-electron chi connectivity index (χ2n) is 5.63. The van der Waals surface area contributed by atoms with Crippen LogP contribution in [0.2, 0.25) is 0 Å². The van der Waals surface area contributed by atoms with Crippen LogP contribution in [-0.2, 0) is 0 Å². The van der Waals surface area contributed by atoms with Gasteiger partial charge < -0.3 is 4.90 Å². The van der Waals surface area contributed by atoms with E-state index in [2.05, 4.69) is 17.9 Å². The van der Waals surface area contributed by atoms with E-state index in [9.17, 15) is 10.1 Å². The number of nitriles is 1. The minimum absolute atomic E-state index is 0.00813. The summed E-state index contributed by atoms with van der Waals surface area (Å²) in [5.41, 5.74) is 1.86. The van der Waals surface area contributed by atoms with Gasteiger partial charge in [0, 0.05) is 31.7 Å². The number of amides is 1. The molecule has 1 atom stereocenters. The molecule has 1 aliphatic rings. The summed E-state index contributed by atoms with van der Waals surface area (Å²) in [5, 5.41) is 9.22. The van der Waals surface area contributed by atoms with Crippen molar-refractivity contribution in [1.29, 1.82) is 5.26 Å². The number of nitrogens with zero attached hydrogens (tertiary/aromatic N) is 3. The fraction of sp³-hybridized carbons (Fsp3) is 0.529. The maximum Gasteiger partial charge on any atom is 0.253 e. The van der Waals surface area contributed by atoms with Gasteiger partial charge in [-0.3, -0.25) is 9.69 Å². The molecule has 1 fully saturated rings. The molecule has 1 aromatic carbocycles. The lowest BCUT2D eigenvalue weighted by Crippen LogP contribution is -2.51. The predicted molar refractivity (Wildman–Crippen MR) is 83.0 cm³/mol. The molecule has 0 aromatic heterocycles. The number of hydrogen-bond donors (Lipinski definition) is 0. The Kier molecular flexibility index (Phi) is 5.35. The zero-order chi connectivity index (χ0) is 15.2. The van der Waals surface area contributed by atoms with E-state index < -0.39 is 0 Å². The lowest BCUT2D eigenvalue weighted by atomic mass is 10.1. The third-order valence-corrected chi connectivity index (χ3v) is 4.02. The lowest BCUT2D eigenvalue weighted by molar-refractivity contribution is 0.0601. The van der Waals surface area contributed by atoms with Gasteiger partial charge in [-0.2, -0.15) is 5.26 Å². The molecular formula is C17H23N3O. The standard InChI is InChI=1S/C17H23N3O/c1-3-5-16(13-18)19-8-10-20(11-9-19)17(21)15-7-4-6-14(2)12-15/h4,6-7,12,16H,3,5,8-11H2,1-2H3. The minimum Gasteiger partial charge on any atom is -0.336 e. The van der Waals surface area contributed by atoms with Crippen molar-refractivity contribution in [3.63, 3.8) is 0 Å². The Bertz CT molecular complexity index is 527. The molecule has 0 spiro atoms. The number of hydrogen-bond acceptors (Lipinski definition) is 3. The SMILES string of the molecule is CCCC(C#N)N1CCN(C(=O)c2cccc(C)c2)CC1. The maximum absolute atomic E-state index is 12.5. The molecular weight excluding hydrogens is 262 g/mol. The van der Waals surface area contributed by atoms with Crippen LogP contribution < -0.4 is 0 Å². The highest BCUT2D eigenvalue weighted by atomic mass is 16.2. The van der Waals surface area contributed by atoms with Gasteiger partial charge in [0.1, 0.15) is 0 Å². The third kappa shape index (κ3) is 3.83. The molecule has 21 heavy (non-hydrogen) atoms. The topological polar surface area (TPSA) is 47.3 Å². The number of piperazine rings is 1. The molecule has 0 bridgehead atoms. The summed E-state index contributed by atoms with van der Waals surface area (Å²) in [5.74, 6) is 0.0994. The Balaban J connectivity index is 1.95. The van der Waals surface area contributed by atoms with Gasteiger partial charge in [-0.1, -0.05) is 31.0 Å².